The summed E-state index contributed by atoms with van der Waals surface area (Å²) in [5.74, 6) is -0.545. The predicted molar refractivity (Wildman–Crippen MR) is 110 cm³/mol. The minimum Gasteiger partial charge on any atom is -0.332 e. The Morgan fingerprint density at radius 2 is 1.69 bits per heavy atom. The van der Waals surface area contributed by atoms with Crippen molar-refractivity contribution >= 4 is 52.1 Å². The van der Waals surface area contributed by atoms with Gasteiger partial charge >= 0.3 is 0 Å². The van der Waals surface area contributed by atoms with Crippen LogP contribution >= 0.6 is 23.8 Å². The van der Waals surface area contributed by atoms with Gasteiger partial charge in [-0.25, -0.2) is 0 Å². The third kappa shape index (κ3) is 5.54. The lowest BCUT2D eigenvalue weighted by Gasteiger charge is -2.12. The molecule has 2 amide bonds. The number of aryl methyl sites for hydroxylation is 1. The van der Waals surface area contributed by atoms with Crippen LogP contribution < -0.4 is 16.0 Å². The van der Waals surface area contributed by atoms with E-state index in [0.29, 0.717) is 22.0 Å². The molecule has 0 saturated carbocycles. The minimum absolute atomic E-state index is 0.0747. The van der Waals surface area contributed by atoms with Crippen molar-refractivity contribution in [3.63, 3.8) is 0 Å². The first-order chi connectivity index (χ1) is 12.3. The quantitative estimate of drug-likeness (QED) is 0.679. The average Bonchev–Trinajstić information content (AvgIpc) is 2.57. The highest BCUT2D eigenvalue weighted by Gasteiger charge is 2.10. The van der Waals surface area contributed by atoms with Gasteiger partial charge in [0.05, 0.1) is 0 Å². The van der Waals surface area contributed by atoms with Crippen molar-refractivity contribution < 1.29 is 9.59 Å². The summed E-state index contributed by atoms with van der Waals surface area (Å²) in [6.07, 6.45) is 0. The number of hydrogen-bond donors (Lipinski definition) is 3. The summed E-state index contributed by atoms with van der Waals surface area (Å²) >= 11 is 11.2. The van der Waals surface area contributed by atoms with Gasteiger partial charge in [0, 0.05) is 27.9 Å². The van der Waals surface area contributed by atoms with E-state index in [-0.39, 0.29) is 22.8 Å². The number of benzene rings is 2. The molecule has 2 rings (SSSR count). The van der Waals surface area contributed by atoms with Gasteiger partial charge in [-0.1, -0.05) is 37.6 Å². The van der Waals surface area contributed by atoms with Gasteiger partial charge in [0.25, 0.3) is 5.91 Å². The van der Waals surface area contributed by atoms with Crippen molar-refractivity contribution in [2.75, 3.05) is 10.6 Å². The van der Waals surface area contributed by atoms with Crippen LogP contribution in [0.15, 0.2) is 42.5 Å². The number of halogens is 1. The van der Waals surface area contributed by atoms with Gasteiger partial charge in [0.1, 0.15) is 0 Å². The average molecular weight is 390 g/mol. The van der Waals surface area contributed by atoms with Crippen LogP contribution in [0.5, 0.6) is 0 Å². The Balaban J connectivity index is 2.00. The molecule has 0 fully saturated rings. The summed E-state index contributed by atoms with van der Waals surface area (Å²) < 4.78 is 0. The van der Waals surface area contributed by atoms with Crippen molar-refractivity contribution in [2.24, 2.45) is 5.92 Å². The molecule has 0 aliphatic carbocycles. The Morgan fingerprint density at radius 3 is 2.31 bits per heavy atom. The van der Waals surface area contributed by atoms with E-state index in [9.17, 15) is 9.59 Å². The molecule has 26 heavy (non-hydrogen) atoms. The van der Waals surface area contributed by atoms with Gasteiger partial charge < -0.3 is 10.6 Å². The first kappa shape index (κ1) is 19.9. The summed E-state index contributed by atoms with van der Waals surface area (Å²) in [6, 6.07) is 12.1. The first-order valence-corrected chi connectivity index (χ1v) is 8.84. The van der Waals surface area contributed by atoms with Gasteiger partial charge in [-0.05, 0) is 55.0 Å². The zero-order valence-corrected chi connectivity index (χ0v) is 16.3. The third-order valence-corrected chi connectivity index (χ3v) is 4.18. The summed E-state index contributed by atoms with van der Waals surface area (Å²) in [7, 11) is 0. The van der Waals surface area contributed by atoms with E-state index in [2.05, 4.69) is 16.0 Å². The largest absolute Gasteiger partial charge is 0.332 e. The van der Waals surface area contributed by atoms with Crippen LogP contribution in [0.3, 0.4) is 0 Å². The second-order valence-electron chi connectivity index (χ2n) is 6.10. The molecular formula is C19H20ClN3O2S. The maximum atomic E-state index is 12.2. The molecule has 0 radical (unpaired) electrons. The molecule has 3 N–H and O–H groups in total. The van der Waals surface area contributed by atoms with Gasteiger partial charge in [0.2, 0.25) is 5.91 Å². The number of anilines is 2. The molecule has 0 aliphatic rings. The topological polar surface area (TPSA) is 70.2 Å². The molecule has 0 aliphatic heterocycles. The van der Waals surface area contributed by atoms with Crippen LogP contribution in [0.4, 0.5) is 11.4 Å². The fraction of sp³-hybridized carbons (Fsp3) is 0.211. The molecule has 2 aromatic carbocycles. The van der Waals surface area contributed by atoms with E-state index < -0.39 is 0 Å². The molecule has 136 valence electrons. The summed E-state index contributed by atoms with van der Waals surface area (Å²) in [6.45, 7) is 5.50. The van der Waals surface area contributed by atoms with Crippen LogP contribution in [0.1, 0.15) is 29.8 Å². The monoisotopic (exact) mass is 389 g/mol. The van der Waals surface area contributed by atoms with E-state index in [1.807, 2.05) is 20.8 Å². The third-order valence-electron chi connectivity index (χ3n) is 3.57. The van der Waals surface area contributed by atoms with E-state index in [0.717, 1.165) is 5.56 Å². The molecule has 7 heteroatoms. The number of thiocarbonyl (C=S) groups is 1. The molecule has 0 unspecified atom stereocenters. The van der Waals surface area contributed by atoms with Crippen molar-refractivity contribution in [1.82, 2.24) is 5.32 Å². The maximum Gasteiger partial charge on any atom is 0.257 e. The Labute approximate surface area is 163 Å². The highest BCUT2D eigenvalue weighted by atomic mass is 35.5. The zero-order chi connectivity index (χ0) is 19.3. The molecule has 0 aromatic heterocycles. The van der Waals surface area contributed by atoms with Crippen molar-refractivity contribution in [3.8, 4) is 0 Å². The molecule has 2 aromatic rings. The number of rotatable bonds is 4. The SMILES string of the molecule is Cc1ccc(C(=O)NC(=S)Nc2cccc(NC(=O)C(C)C)c2)cc1Cl. The van der Waals surface area contributed by atoms with Crippen LogP contribution in [-0.4, -0.2) is 16.9 Å². The highest BCUT2D eigenvalue weighted by molar-refractivity contribution is 7.80. The Kier molecular flexibility index (Phi) is 6.71. The molecule has 0 atom stereocenters. The molecule has 0 heterocycles. The summed E-state index contributed by atoms with van der Waals surface area (Å²) in [5.41, 5.74) is 2.61. The summed E-state index contributed by atoms with van der Waals surface area (Å²) in [5, 5.41) is 9.01. The van der Waals surface area contributed by atoms with Crippen LogP contribution in [-0.2, 0) is 4.79 Å². The number of carbonyl (C=O) groups is 2. The number of carbonyl (C=O) groups excluding carboxylic acids is 2. The van der Waals surface area contributed by atoms with Crippen LogP contribution in [0.25, 0.3) is 0 Å². The van der Waals surface area contributed by atoms with E-state index >= 15 is 0 Å². The second kappa shape index (κ2) is 8.78. The van der Waals surface area contributed by atoms with E-state index in [4.69, 9.17) is 23.8 Å². The van der Waals surface area contributed by atoms with Gasteiger partial charge in [-0.15, -0.1) is 0 Å². The lowest BCUT2D eigenvalue weighted by molar-refractivity contribution is -0.118. The van der Waals surface area contributed by atoms with E-state index in [1.165, 1.54) is 0 Å². The highest BCUT2D eigenvalue weighted by Crippen LogP contribution is 2.17. The minimum atomic E-state index is -0.353. The molecular weight excluding hydrogens is 370 g/mol. The van der Waals surface area contributed by atoms with Gasteiger partial charge in [-0.3, -0.25) is 14.9 Å². The van der Waals surface area contributed by atoms with E-state index in [1.54, 1.807) is 42.5 Å². The number of nitrogens with one attached hydrogen (secondary N) is 3. The smallest absolute Gasteiger partial charge is 0.257 e. The van der Waals surface area contributed by atoms with Crippen LogP contribution in [0, 0.1) is 12.8 Å². The first-order valence-electron chi connectivity index (χ1n) is 8.05. The zero-order valence-electron chi connectivity index (χ0n) is 14.7. The fourth-order valence-corrected chi connectivity index (χ4v) is 2.42. The van der Waals surface area contributed by atoms with Gasteiger partial charge in [-0.2, -0.15) is 0 Å². The molecule has 0 bridgehead atoms. The van der Waals surface area contributed by atoms with Crippen LogP contribution in [0.2, 0.25) is 5.02 Å². The van der Waals surface area contributed by atoms with Gasteiger partial charge in [0.15, 0.2) is 5.11 Å². The van der Waals surface area contributed by atoms with Crippen molar-refractivity contribution in [1.29, 1.82) is 0 Å². The number of hydrogen-bond acceptors (Lipinski definition) is 3. The second-order valence-corrected chi connectivity index (χ2v) is 6.91. The maximum absolute atomic E-state index is 12.2. The molecule has 0 spiro atoms. The number of amides is 2. The Hall–Kier alpha value is -2.44. The standard InChI is InChI=1S/C19H20ClN3O2S/c1-11(2)17(24)21-14-5-4-6-15(10-14)22-19(26)23-18(25)13-8-7-12(3)16(20)9-13/h4-11H,1-3H3,(H,21,24)(H2,22,23,25,26). The predicted octanol–water partition coefficient (Wildman–Crippen LogP) is 4.37. The lowest BCUT2D eigenvalue weighted by atomic mass is 10.1. The Bertz CT molecular complexity index is 852. The molecule has 0 saturated heterocycles. The summed E-state index contributed by atoms with van der Waals surface area (Å²) in [4.78, 5) is 24.0. The fourth-order valence-electron chi connectivity index (χ4n) is 2.03. The van der Waals surface area contributed by atoms with Crippen molar-refractivity contribution in [2.45, 2.75) is 20.8 Å². The Morgan fingerprint density at radius 1 is 1.04 bits per heavy atom. The molecule has 5 nitrogen and oxygen atoms in total. The lowest BCUT2D eigenvalue weighted by Crippen LogP contribution is -2.34. The normalized spacial score (nSPS) is 10.3. The van der Waals surface area contributed by atoms with Crippen molar-refractivity contribution in [3.05, 3.63) is 58.6 Å².